The second-order valence-corrected chi connectivity index (χ2v) is 9.91. The van der Waals surface area contributed by atoms with E-state index in [1.165, 1.54) is 31.2 Å². The van der Waals surface area contributed by atoms with Crippen molar-refractivity contribution in [2.45, 2.75) is 44.6 Å². The average Bonchev–Trinajstić information content (AvgIpc) is 3.63. The van der Waals surface area contributed by atoms with Crippen molar-refractivity contribution in [1.29, 1.82) is 0 Å². The Morgan fingerprint density at radius 3 is 2.55 bits per heavy atom. The number of urea groups is 1. The molecule has 40 heavy (non-hydrogen) atoms. The standard InChI is InChI=1S/C18H19FN2O2.C10H12ClN3O.CH4O/c19-15-8-7-14(11-16(15)20-12-22)17(9-6-13-4-5-13)21-10-2-1-3-18(21)23;11-8-3-4-9(12-7-8)13-10(15)14-5-1-2-6-14;1-2/h1-3,7-8,10-13,17H,4-6,9H2,(H,20,22);3-4,7H,1-2,5-6H2,(H,12,13,15);2H,1H3. The lowest BCUT2D eigenvalue weighted by molar-refractivity contribution is -0.105. The lowest BCUT2D eigenvalue weighted by Crippen LogP contribution is -2.32. The number of benzene rings is 1. The summed E-state index contributed by atoms with van der Waals surface area (Å²) >= 11 is 5.69. The normalized spacial score (nSPS) is 14.7. The first kappa shape index (κ1) is 30.8. The Hall–Kier alpha value is -3.76. The summed E-state index contributed by atoms with van der Waals surface area (Å²) in [6.45, 7) is 1.67. The molecule has 11 heteroatoms. The summed E-state index contributed by atoms with van der Waals surface area (Å²) in [6.07, 6.45) is 10.3. The highest BCUT2D eigenvalue weighted by Crippen LogP contribution is 2.37. The van der Waals surface area contributed by atoms with Gasteiger partial charge in [0.05, 0.1) is 16.8 Å². The Labute approximate surface area is 238 Å². The Bertz CT molecular complexity index is 1290. The molecule has 5 rings (SSSR count). The van der Waals surface area contributed by atoms with Crippen molar-refractivity contribution < 1.29 is 19.1 Å². The molecule has 1 saturated carbocycles. The Morgan fingerprint density at radius 1 is 1.18 bits per heavy atom. The first-order valence-electron chi connectivity index (χ1n) is 13.2. The fourth-order valence-corrected chi connectivity index (χ4v) is 4.56. The van der Waals surface area contributed by atoms with Gasteiger partial charge < -0.3 is 19.9 Å². The van der Waals surface area contributed by atoms with Gasteiger partial charge in [-0.1, -0.05) is 36.6 Å². The topological polar surface area (TPSA) is 117 Å². The molecule has 1 unspecified atom stereocenters. The number of aromatic nitrogens is 2. The molecular weight excluding hydrogens is 537 g/mol. The zero-order valence-corrected chi connectivity index (χ0v) is 23.2. The van der Waals surface area contributed by atoms with E-state index in [9.17, 15) is 18.8 Å². The van der Waals surface area contributed by atoms with Crippen LogP contribution in [0.25, 0.3) is 0 Å². The van der Waals surface area contributed by atoms with E-state index < -0.39 is 5.82 Å². The minimum Gasteiger partial charge on any atom is -0.400 e. The number of nitrogens with one attached hydrogen (secondary N) is 2. The van der Waals surface area contributed by atoms with Crippen molar-refractivity contribution in [2.24, 2.45) is 5.92 Å². The molecule has 0 spiro atoms. The van der Waals surface area contributed by atoms with Crippen molar-refractivity contribution in [2.75, 3.05) is 30.8 Å². The fraction of sp³-hybridized carbons (Fsp3) is 0.379. The van der Waals surface area contributed by atoms with Crippen LogP contribution in [0.15, 0.2) is 65.7 Å². The third kappa shape index (κ3) is 9.17. The minimum atomic E-state index is -0.484. The summed E-state index contributed by atoms with van der Waals surface area (Å²) in [6, 6.07) is 12.8. The van der Waals surface area contributed by atoms with Crippen LogP contribution in [-0.2, 0) is 4.79 Å². The molecule has 1 saturated heterocycles. The largest absolute Gasteiger partial charge is 0.400 e. The van der Waals surface area contributed by atoms with Gasteiger partial charge in [-0.05, 0) is 67.5 Å². The fourth-order valence-electron chi connectivity index (χ4n) is 4.45. The number of nitrogens with zero attached hydrogens (tertiary/aromatic N) is 3. The van der Waals surface area contributed by atoms with Crippen LogP contribution in [0.2, 0.25) is 5.02 Å². The predicted octanol–water partition coefficient (Wildman–Crippen LogP) is 5.31. The van der Waals surface area contributed by atoms with Gasteiger partial charge in [0.2, 0.25) is 6.41 Å². The SMILES string of the molecule is CO.O=C(Nc1ccc(Cl)cn1)N1CCCC1.O=CNc1cc(C(CCC2CC2)n2ccccc2=O)ccc1F. The third-order valence-corrected chi connectivity index (χ3v) is 6.90. The molecule has 1 aromatic carbocycles. The van der Waals surface area contributed by atoms with Crippen LogP contribution in [0, 0.1) is 11.7 Å². The molecule has 2 aliphatic rings. The Kier molecular flexibility index (Phi) is 12.1. The molecule has 9 nitrogen and oxygen atoms in total. The minimum absolute atomic E-state index is 0.0810. The molecule has 3 heterocycles. The number of carbonyl (C=O) groups excluding carboxylic acids is 2. The maximum Gasteiger partial charge on any atom is 0.323 e. The first-order chi connectivity index (χ1) is 19.4. The highest BCUT2D eigenvalue weighted by Gasteiger charge is 2.24. The van der Waals surface area contributed by atoms with Crippen LogP contribution < -0.4 is 16.2 Å². The van der Waals surface area contributed by atoms with E-state index in [-0.39, 0.29) is 23.3 Å². The van der Waals surface area contributed by atoms with Gasteiger partial charge in [-0.2, -0.15) is 0 Å². The zero-order chi connectivity index (χ0) is 28.9. The number of halogens is 2. The average molecular weight is 572 g/mol. The van der Waals surface area contributed by atoms with Crippen molar-refractivity contribution in [3.8, 4) is 0 Å². The Balaban J connectivity index is 0.000000224. The predicted molar refractivity (Wildman–Crippen MR) is 154 cm³/mol. The summed E-state index contributed by atoms with van der Waals surface area (Å²) in [5.74, 6) is 0.795. The second kappa shape index (κ2) is 15.7. The van der Waals surface area contributed by atoms with E-state index in [1.807, 2.05) is 6.07 Å². The number of hydrogen-bond donors (Lipinski definition) is 3. The van der Waals surface area contributed by atoms with Gasteiger partial charge in [0, 0.05) is 38.7 Å². The summed E-state index contributed by atoms with van der Waals surface area (Å²) in [7, 11) is 1.00. The van der Waals surface area contributed by atoms with Gasteiger partial charge in [-0.15, -0.1) is 0 Å². The van der Waals surface area contributed by atoms with E-state index in [2.05, 4.69) is 15.6 Å². The molecule has 3 aromatic rings. The number of likely N-dealkylation sites (tertiary alicyclic amines) is 1. The van der Waals surface area contributed by atoms with Gasteiger partial charge in [0.25, 0.3) is 5.56 Å². The molecule has 1 atom stereocenters. The van der Waals surface area contributed by atoms with E-state index in [0.717, 1.165) is 57.4 Å². The smallest absolute Gasteiger partial charge is 0.323 e. The van der Waals surface area contributed by atoms with Crippen LogP contribution in [0.3, 0.4) is 0 Å². The lowest BCUT2D eigenvalue weighted by Gasteiger charge is -2.21. The molecular formula is C29H35ClFN5O4. The second-order valence-electron chi connectivity index (χ2n) is 9.47. The molecule has 2 aromatic heterocycles. The molecule has 214 valence electrons. The van der Waals surface area contributed by atoms with Gasteiger partial charge in [-0.3, -0.25) is 14.9 Å². The first-order valence-corrected chi connectivity index (χ1v) is 13.6. The van der Waals surface area contributed by atoms with Crippen molar-refractivity contribution in [3.63, 3.8) is 0 Å². The quantitative estimate of drug-likeness (QED) is 0.317. The molecule has 3 N–H and O–H groups in total. The summed E-state index contributed by atoms with van der Waals surface area (Å²) in [5, 5.41) is 12.7. The van der Waals surface area contributed by atoms with Crippen LogP contribution in [0.5, 0.6) is 0 Å². The zero-order valence-electron chi connectivity index (χ0n) is 22.4. The number of aliphatic hydroxyl groups is 1. The highest BCUT2D eigenvalue weighted by molar-refractivity contribution is 6.30. The van der Waals surface area contributed by atoms with Crippen molar-refractivity contribution in [3.05, 3.63) is 87.7 Å². The molecule has 3 amide bonds. The van der Waals surface area contributed by atoms with E-state index in [1.54, 1.807) is 46.0 Å². The Morgan fingerprint density at radius 2 is 1.93 bits per heavy atom. The monoisotopic (exact) mass is 571 g/mol. The number of aliphatic hydroxyl groups excluding tert-OH is 1. The highest BCUT2D eigenvalue weighted by atomic mass is 35.5. The number of carbonyl (C=O) groups is 2. The maximum absolute atomic E-state index is 13.7. The van der Waals surface area contributed by atoms with Crippen LogP contribution in [0.1, 0.15) is 50.1 Å². The van der Waals surface area contributed by atoms with Crippen LogP contribution in [-0.4, -0.2) is 52.2 Å². The van der Waals surface area contributed by atoms with Crippen molar-refractivity contribution >= 4 is 35.5 Å². The van der Waals surface area contributed by atoms with Crippen molar-refractivity contribution in [1.82, 2.24) is 14.5 Å². The van der Waals surface area contributed by atoms with E-state index in [0.29, 0.717) is 17.3 Å². The number of anilines is 2. The van der Waals surface area contributed by atoms with Crippen LogP contribution in [0.4, 0.5) is 20.7 Å². The summed E-state index contributed by atoms with van der Waals surface area (Å²) in [5.41, 5.74) is 0.880. The van der Waals surface area contributed by atoms with Gasteiger partial charge in [0.15, 0.2) is 0 Å². The van der Waals surface area contributed by atoms with E-state index >= 15 is 0 Å². The number of hydrogen-bond acceptors (Lipinski definition) is 5. The van der Waals surface area contributed by atoms with E-state index in [4.69, 9.17) is 16.7 Å². The number of amides is 3. The number of rotatable bonds is 8. The van der Waals surface area contributed by atoms with Gasteiger partial charge in [0.1, 0.15) is 11.6 Å². The molecule has 0 radical (unpaired) electrons. The number of pyridine rings is 2. The molecule has 2 fully saturated rings. The van der Waals surface area contributed by atoms with Gasteiger partial charge in [-0.25, -0.2) is 14.2 Å². The molecule has 1 aliphatic carbocycles. The summed E-state index contributed by atoms with van der Waals surface area (Å²) < 4.78 is 15.4. The maximum atomic E-state index is 13.7. The van der Waals surface area contributed by atoms with Crippen LogP contribution >= 0.6 is 11.6 Å². The van der Waals surface area contributed by atoms with Gasteiger partial charge >= 0.3 is 6.03 Å². The lowest BCUT2D eigenvalue weighted by atomic mass is 9.99. The molecule has 0 bridgehead atoms. The summed E-state index contributed by atoms with van der Waals surface area (Å²) in [4.78, 5) is 40.2. The third-order valence-electron chi connectivity index (χ3n) is 6.68. The molecule has 1 aliphatic heterocycles.